The number of nitrogens with zero attached hydrogens (tertiary/aromatic N) is 3. The highest BCUT2D eigenvalue weighted by atomic mass is 32.1. The second-order valence-electron chi connectivity index (χ2n) is 6.72. The van der Waals surface area contributed by atoms with Gasteiger partial charge in [-0.2, -0.15) is 5.10 Å². The Hall–Kier alpha value is -2.42. The summed E-state index contributed by atoms with van der Waals surface area (Å²) in [5, 5.41) is 12.1. The molecule has 0 spiro atoms. The zero-order chi connectivity index (χ0) is 18.6. The Labute approximate surface area is 162 Å². The number of carbonyl (C=O) groups is 1. The molecule has 1 saturated heterocycles. The third kappa shape index (κ3) is 4.13. The van der Waals surface area contributed by atoms with Gasteiger partial charge in [0.1, 0.15) is 5.69 Å². The zero-order valence-corrected chi connectivity index (χ0v) is 16.0. The number of piperazine rings is 1. The molecule has 0 saturated carbocycles. The van der Waals surface area contributed by atoms with Crippen molar-refractivity contribution < 1.29 is 9.21 Å². The Morgan fingerprint density at radius 2 is 2.19 bits per heavy atom. The van der Waals surface area contributed by atoms with E-state index >= 15 is 0 Å². The molecule has 1 aliphatic rings. The summed E-state index contributed by atoms with van der Waals surface area (Å²) >= 11 is 1.73. The summed E-state index contributed by atoms with van der Waals surface area (Å²) in [5.41, 5.74) is 1.06. The van der Waals surface area contributed by atoms with Crippen LogP contribution in [0.3, 0.4) is 0 Å². The van der Waals surface area contributed by atoms with Crippen molar-refractivity contribution in [2.24, 2.45) is 0 Å². The van der Waals surface area contributed by atoms with Crippen LogP contribution in [0.4, 0.5) is 0 Å². The molecule has 142 valence electrons. The molecule has 4 heterocycles. The van der Waals surface area contributed by atoms with Gasteiger partial charge < -0.3 is 14.6 Å². The molecule has 2 N–H and O–H groups in total. The molecule has 1 fully saturated rings. The number of carbonyl (C=O) groups excluding carboxylic acids is 1. The van der Waals surface area contributed by atoms with Gasteiger partial charge in [0.2, 0.25) is 0 Å². The molecule has 27 heavy (non-hydrogen) atoms. The third-order valence-electron chi connectivity index (χ3n) is 4.90. The molecule has 1 amide bonds. The summed E-state index contributed by atoms with van der Waals surface area (Å²) in [4.78, 5) is 18.6. The van der Waals surface area contributed by atoms with Gasteiger partial charge in [-0.05, 0) is 30.6 Å². The van der Waals surface area contributed by atoms with Crippen molar-refractivity contribution in [1.82, 2.24) is 25.3 Å². The second kappa shape index (κ2) is 8.08. The van der Waals surface area contributed by atoms with E-state index in [-0.39, 0.29) is 11.9 Å². The van der Waals surface area contributed by atoms with Crippen LogP contribution in [0.25, 0.3) is 11.5 Å². The van der Waals surface area contributed by atoms with Crippen LogP contribution >= 0.6 is 11.3 Å². The molecule has 0 radical (unpaired) electrons. The van der Waals surface area contributed by atoms with E-state index in [4.69, 9.17) is 4.42 Å². The van der Waals surface area contributed by atoms with Gasteiger partial charge in [-0.15, -0.1) is 11.3 Å². The lowest BCUT2D eigenvalue weighted by Gasteiger charge is -2.37. The first-order valence-electron chi connectivity index (χ1n) is 9.04. The van der Waals surface area contributed by atoms with Gasteiger partial charge in [-0.3, -0.25) is 14.8 Å². The fraction of sp³-hybridized carbons (Fsp3) is 0.368. The van der Waals surface area contributed by atoms with Crippen LogP contribution in [0.15, 0.2) is 46.4 Å². The molecule has 8 heteroatoms. The molecule has 0 unspecified atom stereocenters. The molecule has 0 aliphatic carbocycles. The smallest absolute Gasteiger partial charge is 0.271 e. The minimum absolute atomic E-state index is 0.181. The number of aromatic nitrogens is 2. The van der Waals surface area contributed by atoms with Gasteiger partial charge in [0.25, 0.3) is 5.91 Å². The van der Waals surface area contributed by atoms with Crippen molar-refractivity contribution in [2.45, 2.75) is 6.04 Å². The number of H-pyrrole nitrogens is 1. The summed E-state index contributed by atoms with van der Waals surface area (Å²) in [6.45, 7) is 4.65. The molecule has 1 aliphatic heterocycles. The Kier molecular flexibility index (Phi) is 5.38. The SMILES string of the molecule is CN1CCN([C@H](CNC(=O)c2cc(-c3ccco3)[nH]n2)c2cccs2)CC1. The number of hydrogen-bond donors (Lipinski definition) is 2. The Bertz CT molecular complexity index is 851. The fourth-order valence-electron chi connectivity index (χ4n) is 3.30. The summed E-state index contributed by atoms with van der Waals surface area (Å²) in [5.74, 6) is 0.482. The molecule has 0 bridgehead atoms. The molecule has 0 aromatic carbocycles. The molecule has 4 rings (SSSR count). The van der Waals surface area contributed by atoms with E-state index in [1.807, 2.05) is 6.07 Å². The topological polar surface area (TPSA) is 77.4 Å². The highest BCUT2D eigenvalue weighted by Gasteiger charge is 2.25. The van der Waals surface area contributed by atoms with Crippen LogP contribution in [0, 0.1) is 0 Å². The number of rotatable bonds is 6. The minimum atomic E-state index is -0.181. The van der Waals surface area contributed by atoms with Crippen LogP contribution in [-0.2, 0) is 0 Å². The Morgan fingerprint density at radius 1 is 1.33 bits per heavy atom. The highest BCUT2D eigenvalue weighted by Crippen LogP contribution is 2.26. The minimum Gasteiger partial charge on any atom is -0.463 e. The van der Waals surface area contributed by atoms with Crippen LogP contribution in [0.1, 0.15) is 21.4 Å². The van der Waals surface area contributed by atoms with Crippen molar-refractivity contribution in [3.8, 4) is 11.5 Å². The maximum absolute atomic E-state index is 12.6. The van der Waals surface area contributed by atoms with Crippen molar-refractivity contribution >= 4 is 17.2 Å². The molecule has 1 atom stereocenters. The normalized spacial score (nSPS) is 17.1. The average Bonchev–Trinajstić information content (AvgIpc) is 3.44. The first-order chi connectivity index (χ1) is 13.2. The van der Waals surface area contributed by atoms with E-state index in [1.54, 1.807) is 29.7 Å². The molecule has 3 aromatic heterocycles. The quantitative estimate of drug-likeness (QED) is 0.682. The molecule has 3 aromatic rings. The Balaban J connectivity index is 1.42. The zero-order valence-electron chi connectivity index (χ0n) is 15.2. The monoisotopic (exact) mass is 385 g/mol. The highest BCUT2D eigenvalue weighted by molar-refractivity contribution is 7.10. The third-order valence-corrected chi connectivity index (χ3v) is 5.88. The number of nitrogens with one attached hydrogen (secondary N) is 2. The van der Waals surface area contributed by atoms with Crippen LogP contribution < -0.4 is 5.32 Å². The Morgan fingerprint density at radius 3 is 2.89 bits per heavy atom. The van der Waals surface area contributed by atoms with E-state index in [1.165, 1.54) is 4.88 Å². The van der Waals surface area contributed by atoms with Crippen molar-refractivity contribution in [3.63, 3.8) is 0 Å². The molecular formula is C19H23N5O2S. The number of furan rings is 1. The second-order valence-corrected chi connectivity index (χ2v) is 7.70. The lowest BCUT2D eigenvalue weighted by molar-refractivity contribution is 0.0886. The number of thiophene rings is 1. The fourth-order valence-corrected chi connectivity index (χ4v) is 4.16. The molecule has 7 nitrogen and oxygen atoms in total. The van der Waals surface area contributed by atoms with E-state index in [0.717, 1.165) is 26.2 Å². The lowest BCUT2D eigenvalue weighted by atomic mass is 10.1. The first kappa shape index (κ1) is 18.0. The van der Waals surface area contributed by atoms with Gasteiger partial charge >= 0.3 is 0 Å². The predicted octanol–water partition coefficient (Wildman–Crippen LogP) is 2.45. The van der Waals surface area contributed by atoms with Gasteiger partial charge in [0.05, 0.1) is 12.3 Å². The number of aromatic amines is 1. The average molecular weight is 385 g/mol. The van der Waals surface area contributed by atoms with Crippen molar-refractivity contribution in [1.29, 1.82) is 0 Å². The van der Waals surface area contributed by atoms with E-state index in [2.05, 4.69) is 49.9 Å². The predicted molar refractivity (Wildman–Crippen MR) is 105 cm³/mol. The standard InChI is InChI=1S/C19H23N5O2S/c1-23-6-8-24(9-7-23)16(18-5-3-11-27-18)13-20-19(25)15-12-14(21-22-15)17-4-2-10-26-17/h2-5,10-12,16H,6-9,13H2,1H3,(H,20,25)(H,21,22)/t16-/m1/s1. The van der Waals surface area contributed by atoms with Gasteiger partial charge in [-0.1, -0.05) is 6.07 Å². The first-order valence-corrected chi connectivity index (χ1v) is 9.92. The number of likely N-dealkylation sites (N-methyl/N-ethyl adjacent to an activating group) is 1. The van der Waals surface area contributed by atoms with Crippen molar-refractivity contribution in [3.05, 3.63) is 52.5 Å². The van der Waals surface area contributed by atoms with Crippen LogP contribution in [0.2, 0.25) is 0 Å². The number of hydrogen-bond acceptors (Lipinski definition) is 6. The van der Waals surface area contributed by atoms with E-state index in [9.17, 15) is 4.79 Å². The maximum atomic E-state index is 12.6. The largest absolute Gasteiger partial charge is 0.463 e. The molecular weight excluding hydrogens is 362 g/mol. The number of amides is 1. The van der Waals surface area contributed by atoms with Gasteiger partial charge in [0, 0.05) is 43.7 Å². The van der Waals surface area contributed by atoms with E-state index in [0.29, 0.717) is 23.7 Å². The summed E-state index contributed by atoms with van der Waals surface area (Å²) in [7, 11) is 2.15. The lowest BCUT2D eigenvalue weighted by Crippen LogP contribution is -2.48. The summed E-state index contributed by atoms with van der Waals surface area (Å²) in [6.07, 6.45) is 1.59. The van der Waals surface area contributed by atoms with Crippen LogP contribution in [0.5, 0.6) is 0 Å². The van der Waals surface area contributed by atoms with Crippen LogP contribution in [-0.4, -0.2) is 65.7 Å². The van der Waals surface area contributed by atoms with Gasteiger partial charge in [-0.25, -0.2) is 0 Å². The maximum Gasteiger partial charge on any atom is 0.271 e. The summed E-state index contributed by atoms with van der Waals surface area (Å²) < 4.78 is 5.34. The summed E-state index contributed by atoms with van der Waals surface area (Å²) in [6, 6.07) is 9.74. The van der Waals surface area contributed by atoms with Gasteiger partial charge in [0.15, 0.2) is 11.5 Å². The van der Waals surface area contributed by atoms with Crippen molar-refractivity contribution in [2.75, 3.05) is 39.8 Å². The van der Waals surface area contributed by atoms with E-state index < -0.39 is 0 Å².